The van der Waals surface area contributed by atoms with E-state index in [9.17, 15) is 4.39 Å². The van der Waals surface area contributed by atoms with Gasteiger partial charge in [0.25, 0.3) is 0 Å². The number of nitrogens with two attached hydrogens (primary N) is 1. The van der Waals surface area contributed by atoms with Gasteiger partial charge in [0, 0.05) is 25.2 Å². The maximum absolute atomic E-state index is 14.3. The van der Waals surface area contributed by atoms with E-state index in [0.29, 0.717) is 18.5 Å². The molecule has 1 aliphatic carbocycles. The smallest absolute Gasteiger partial charge is 0.155 e. The highest BCUT2D eigenvalue weighted by atomic mass is 19.1. The van der Waals surface area contributed by atoms with Gasteiger partial charge in [-0.1, -0.05) is 0 Å². The van der Waals surface area contributed by atoms with Crippen LogP contribution in [0.1, 0.15) is 31.9 Å². The van der Waals surface area contributed by atoms with Crippen LogP contribution >= 0.6 is 0 Å². The van der Waals surface area contributed by atoms with Crippen LogP contribution in [0.15, 0.2) is 12.5 Å². The second-order valence-corrected chi connectivity index (χ2v) is 4.06. The van der Waals surface area contributed by atoms with Crippen molar-refractivity contribution >= 4 is 0 Å². The molecule has 0 aromatic carbocycles. The molecule has 1 aliphatic rings. The number of alkyl halides is 1. The van der Waals surface area contributed by atoms with E-state index in [0.717, 1.165) is 13.0 Å². The average Bonchev–Trinajstić information content (AvgIpc) is 2.73. The number of aryl methyl sites for hydroxylation is 1. The van der Waals surface area contributed by atoms with Crippen LogP contribution in [0, 0.1) is 0 Å². The Morgan fingerprint density at radius 2 is 2.57 bits per heavy atom. The molecule has 1 aromatic rings. The van der Waals surface area contributed by atoms with Crippen molar-refractivity contribution in [3.63, 3.8) is 0 Å². The van der Waals surface area contributed by atoms with E-state index in [-0.39, 0.29) is 6.04 Å². The molecule has 0 aliphatic heterocycles. The topological polar surface area (TPSA) is 43.8 Å². The number of hydrogen-bond donors (Lipinski definition) is 1. The van der Waals surface area contributed by atoms with E-state index < -0.39 is 5.67 Å². The number of halogens is 1. The minimum absolute atomic E-state index is 0.00761. The lowest BCUT2D eigenvalue weighted by Gasteiger charge is -2.15. The summed E-state index contributed by atoms with van der Waals surface area (Å²) >= 11 is 0. The second-order valence-electron chi connectivity index (χ2n) is 4.06. The number of nitrogens with zero attached hydrogens (tertiary/aromatic N) is 2. The van der Waals surface area contributed by atoms with Crippen molar-refractivity contribution < 1.29 is 4.39 Å². The molecular formula is C10H16FN3. The molecule has 3 nitrogen and oxygen atoms in total. The quantitative estimate of drug-likeness (QED) is 0.782. The monoisotopic (exact) mass is 197 g/mol. The van der Waals surface area contributed by atoms with Crippen molar-refractivity contribution in [2.45, 2.75) is 44.4 Å². The lowest BCUT2D eigenvalue weighted by molar-refractivity contribution is 0.166. The Balaban J connectivity index is 2.21. The fourth-order valence-corrected chi connectivity index (χ4v) is 2.03. The molecule has 2 rings (SSSR count). The largest absolute Gasteiger partial charge is 0.337 e. The molecule has 2 N–H and O–H groups in total. The van der Waals surface area contributed by atoms with Gasteiger partial charge < -0.3 is 10.3 Å². The van der Waals surface area contributed by atoms with Gasteiger partial charge in [-0.25, -0.2) is 9.37 Å². The third kappa shape index (κ3) is 1.54. The molecule has 1 aromatic heterocycles. The SMILES string of the molecule is CCn1cnc(C2(F)CCC(N)C2)c1. The predicted molar refractivity (Wildman–Crippen MR) is 52.5 cm³/mol. The normalized spacial score (nSPS) is 32.4. The van der Waals surface area contributed by atoms with Crippen LogP contribution in [0.3, 0.4) is 0 Å². The first-order chi connectivity index (χ1) is 6.64. The van der Waals surface area contributed by atoms with Gasteiger partial charge in [-0.2, -0.15) is 0 Å². The first-order valence-corrected chi connectivity index (χ1v) is 5.11. The van der Waals surface area contributed by atoms with Crippen LogP contribution in [0.25, 0.3) is 0 Å². The van der Waals surface area contributed by atoms with E-state index in [1.54, 1.807) is 12.5 Å². The average molecular weight is 197 g/mol. The van der Waals surface area contributed by atoms with Crippen LogP contribution in [0.4, 0.5) is 4.39 Å². The number of aromatic nitrogens is 2. The van der Waals surface area contributed by atoms with Crippen molar-refractivity contribution in [3.8, 4) is 0 Å². The Morgan fingerprint density at radius 3 is 3.07 bits per heavy atom. The Kier molecular flexibility index (Phi) is 2.31. The maximum Gasteiger partial charge on any atom is 0.155 e. The minimum atomic E-state index is -1.28. The van der Waals surface area contributed by atoms with Gasteiger partial charge >= 0.3 is 0 Å². The molecule has 0 spiro atoms. The van der Waals surface area contributed by atoms with Crippen LogP contribution < -0.4 is 5.73 Å². The zero-order valence-corrected chi connectivity index (χ0v) is 8.41. The fourth-order valence-electron chi connectivity index (χ4n) is 2.03. The van der Waals surface area contributed by atoms with Crippen molar-refractivity contribution in [2.24, 2.45) is 5.73 Å². The number of imidazole rings is 1. The molecule has 1 saturated carbocycles. The Hall–Kier alpha value is -0.900. The molecule has 2 unspecified atom stereocenters. The Morgan fingerprint density at radius 1 is 1.79 bits per heavy atom. The van der Waals surface area contributed by atoms with Crippen LogP contribution in [0.2, 0.25) is 0 Å². The van der Waals surface area contributed by atoms with Crippen molar-refractivity contribution in [1.82, 2.24) is 9.55 Å². The standard InChI is InChI=1S/C10H16FN3/c1-2-14-6-9(13-7-14)10(11)4-3-8(12)5-10/h6-8H,2-5,12H2,1H3. The van der Waals surface area contributed by atoms with E-state index in [2.05, 4.69) is 4.98 Å². The first-order valence-electron chi connectivity index (χ1n) is 5.11. The molecule has 1 heterocycles. The highest BCUT2D eigenvalue weighted by molar-refractivity contribution is 5.13. The van der Waals surface area contributed by atoms with Crippen molar-refractivity contribution in [3.05, 3.63) is 18.2 Å². The summed E-state index contributed by atoms with van der Waals surface area (Å²) in [6.07, 6.45) is 5.15. The molecule has 0 radical (unpaired) electrons. The van der Waals surface area contributed by atoms with Gasteiger partial charge in [0.1, 0.15) is 0 Å². The summed E-state index contributed by atoms with van der Waals surface area (Å²) in [5.41, 5.74) is 4.98. The van der Waals surface area contributed by atoms with E-state index >= 15 is 0 Å². The molecular weight excluding hydrogens is 181 g/mol. The maximum atomic E-state index is 14.3. The van der Waals surface area contributed by atoms with E-state index in [4.69, 9.17) is 5.73 Å². The highest BCUT2D eigenvalue weighted by Crippen LogP contribution is 2.40. The summed E-state index contributed by atoms with van der Waals surface area (Å²) in [4.78, 5) is 4.11. The Labute approximate surface area is 83.1 Å². The highest BCUT2D eigenvalue weighted by Gasteiger charge is 2.41. The number of hydrogen-bond acceptors (Lipinski definition) is 2. The summed E-state index contributed by atoms with van der Waals surface area (Å²) in [6, 6.07) is -0.00761. The summed E-state index contributed by atoms with van der Waals surface area (Å²) in [7, 11) is 0. The van der Waals surface area contributed by atoms with Gasteiger partial charge in [0.05, 0.1) is 12.0 Å². The van der Waals surface area contributed by atoms with Crippen molar-refractivity contribution in [2.75, 3.05) is 0 Å². The second kappa shape index (κ2) is 3.35. The molecule has 78 valence electrons. The molecule has 2 atom stereocenters. The van der Waals surface area contributed by atoms with Crippen LogP contribution in [0.5, 0.6) is 0 Å². The summed E-state index contributed by atoms with van der Waals surface area (Å²) in [5.74, 6) is 0. The van der Waals surface area contributed by atoms with Gasteiger partial charge in [0.2, 0.25) is 0 Å². The van der Waals surface area contributed by atoms with E-state index in [1.807, 2.05) is 11.5 Å². The minimum Gasteiger partial charge on any atom is -0.337 e. The van der Waals surface area contributed by atoms with Gasteiger partial charge in [-0.15, -0.1) is 0 Å². The predicted octanol–water partition coefficient (Wildman–Crippen LogP) is 1.58. The summed E-state index contributed by atoms with van der Waals surface area (Å²) in [5, 5.41) is 0. The number of rotatable bonds is 2. The van der Waals surface area contributed by atoms with Crippen LogP contribution in [-0.2, 0) is 12.2 Å². The molecule has 4 heteroatoms. The molecule has 14 heavy (non-hydrogen) atoms. The first kappa shape index (κ1) is 9.65. The third-order valence-electron chi connectivity index (χ3n) is 2.95. The lowest BCUT2D eigenvalue weighted by Crippen LogP contribution is -2.21. The Bertz CT molecular complexity index is 323. The molecule has 1 fully saturated rings. The van der Waals surface area contributed by atoms with Gasteiger partial charge in [0.15, 0.2) is 5.67 Å². The van der Waals surface area contributed by atoms with Gasteiger partial charge in [-0.3, -0.25) is 0 Å². The van der Waals surface area contributed by atoms with E-state index in [1.165, 1.54) is 0 Å². The lowest BCUT2D eigenvalue weighted by atomic mass is 10.0. The van der Waals surface area contributed by atoms with Crippen LogP contribution in [-0.4, -0.2) is 15.6 Å². The molecule has 0 amide bonds. The van der Waals surface area contributed by atoms with Gasteiger partial charge in [-0.05, 0) is 19.8 Å². The summed E-state index contributed by atoms with van der Waals surface area (Å²) in [6.45, 7) is 2.84. The zero-order chi connectivity index (χ0) is 10.2. The molecule has 0 bridgehead atoms. The zero-order valence-electron chi connectivity index (χ0n) is 8.41. The van der Waals surface area contributed by atoms with Crippen molar-refractivity contribution in [1.29, 1.82) is 0 Å². The summed E-state index contributed by atoms with van der Waals surface area (Å²) < 4.78 is 16.2. The molecule has 0 saturated heterocycles. The fraction of sp³-hybridized carbons (Fsp3) is 0.700. The third-order valence-corrected chi connectivity index (χ3v) is 2.95.